The summed E-state index contributed by atoms with van der Waals surface area (Å²) < 4.78 is 40.0. The van der Waals surface area contributed by atoms with Crippen LogP contribution in [0.4, 0.5) is 24.5 Å². The number of thiocarbonyl (C=S) groups is 1. The summed E-state index contributed by atoms with van der Waals surface area (Å²) in [5.74, 6) is 0. The Kier molecular flexibility index (Phi) is 7.86. The van der Waals surface area contributed by atoms with Crippen LogP contribution in [0.5, 0.6) is 0 Å². The van der Waals surface area contributed by atoms with Gasteiger partial charge >= 0.3 is 6.18 Å². The minimum Gasteiger partial charge on any atom is -0.363 e. The highest BCUT2D eigenvalue weighted by Gasteiger charge is 2.41. The highest BCUT2D eigenvalue weighted by atomic mass is 32.1. The largest absolute Gasteiger partial charge is 0.416 e. The Balaban J connectivity index is 2.18. The van der Waals surface area contributed by atoms with Crippen molar-refractivity contribution in [2.75, 3.05) is 13.1 Å². The first kappa shape index (κ1) is 25.8. The van der Waals surface area contributed by atoms with E-state index in [1.54, 1.807) is 30.3 Å². The summed E-state index contributed by atoms with van der Waals surface area (Å²) in [5, 5.41) is 29.8. The van der Waals surface area contributed by atoms with Crippen LogP contribution in [0.2, 0.25) is 0 Å². The van der Waals surface area contributed by atoms with E-state index < -0.39 is 44.6 Å². The molecular formula is C21H20F3N5O5S. The third-order valence-corrected chi connectivity index (χ3v) is 5.36. The molecule has 0 aromatic heterocycles. The van der Waals surface area contributed by atoms with Gasteiger partial charge in [-0.05, 0) is 31.1 Å². The van der Waals surface area contributed by atoms with Gasteiger partial charge in [0, 0.05) is 30.8 Å². The topological polar surface area (TPSA) is 132 Å². The molecule has 1 aliphatic heterocycles. The molecule has 1 aliphatic rings. The molecule has 0 radical (unpaired) electrons. The van der Waals surface area contributed by atoms with E-state index in [-0.39, 0.29) is 24.3 Å². The average Bonchev–Trinajstić information content (AvgIpc) is 3.21. The van der Waals surface area contributed by atoms with Crippen LogP contribution in [-0.4, -0.2) is 34.2 Å². The lowest BCUT2D eigenvalue weighted by atomic mass is 9.92. The van der Waals surface area contributed by atoms with Gasteiger partial charge in [-0.2, -0.15) is 13.2 Å². The fraction of sp³-hybridized carbons (Fsp3) is 0.286. The minimum atomic E-state index is -5.02. The van der Waals surface area contributed by atoms with E-state index >= 15 is 0 Å². The number of alkyl halides is 3. The summed E-state index contributed by atoms with van der Waals surface area (Å²) in [6.07, 6.45) is -5.48. The molecule has 2 aromatic rings. The van der Waals surface area contributed by atoms with E-state index in [0.717, 1.165) is 0 Å². The van der Waals surface area contributed by atoms with Crippen molar-refractivity contribution >= 4 is 40.0 Å². The highest BCUT2D eigenvalue weighted by Crippen LogP contribution is 2.45. The van der Waals surface area contributed by atoms with Gasteiger partial charge in [-0.1, -0.05) is 30.3 Å². The monoisotopic (exact) mass is 511 g/mol. The van der Waals surface area contributed by atoms with Crippen molar-refractivity contribution in [3.8, 4) is 0 Å². The molecule has 3 rings (SSSR count). The molecule has 1 heterocycles. The summed E-state index contributed by atoms with van der Waals surface area (Å²) >= 11 is 5.12. The number of nitrogens with one attached hydrogen (secondary N) is 3. The Labute approximate surface area is 202 Å². The molecule has 3 N–H and O–H groups in total. The number of nitro groups is 2. The van der Waals surface area contributed by atoms with Crippen LogP contribution >= 0.6 is 12.2 Å². The quantitative estimate of drug-likeness (QED) is 0.271. The van der Waals surface area contributed by atoms with Crippen molar-refractivity contribution in [2.45, 2.75) is 25.6 Å². The van der Waals surface area contributed by atoms with E-state index in [1.807, 2.05) is 6.92 Å². The van der Waals surface area contributed by atoms with Crippen molar-refractivity contribution < 1.29 is 27.9 Å². The number of nitro benzene ring substituents is 2. The van der Waals surface area contributed by atoms with Crippen molar-refractivity contribution in [1.29, 1.82) is 0 Å². The van der Waals surface area contributed by atoms with Crippen LogP contribution in [0.3, 0.4) is 0 Å². The zero-order chi connectivity index (χ0) is 25.8. The van der Waals surface area contributed by atoms with Crippen molar-refractivity contribution in [3.05, 3.63) is 79.4 Å². The van der Waals surface area contributed by atoms with Crippen LogP contribution < -0.4 is 16.1 Å². The first-order valence-electron chi connectivity index (χ1n) is 10.3. The SMILES string of the molecule is CCNC(=S)NCCC1ONC(c2c([N+](=O)[O-])cc(C(F)(F)F)cc2[N+](=O)[O-])=C1c1ccccc1. The Morgan fingerprint density at radius 3 is 2.23 bits per heavy atom. The average molecular weight is 511 g/mol. The van der Waals surface area contributed by atoms with Gasteiger partial charge in [0.2, 0.25) is 0 Å². The molecule has 1 atom stereocenters. The molecule has 0 aliphatic carbocycles. The molecule has 0 saturated carbocycles. The number of hydroxylamine groups is 1. The predicted octanol–water partition coefficient (Wildman–Crippen LogP) is 4.17. The van der Waals surface area contributed by atoms with E-state index in [9.17, 15) is 33.4 Å². The van der Waals surface area contributed by atoms with Gasteiger partial charge < -0.3 is 10.6 Å². The molecule has 35 heavy (non-hydrogen) atoms. The molecule has 0 spiro atoms. The smallest absolute Gasteiger partial charge is 0.363 e. The predicted molar refractivity (Wildman–Crippen MR) is 125 cm³/mol. The standard InChI is InChI=1S/C21H20F3N5O5S/c1-2-25-20(35)26-9-8-16-17(12-6-4-3-5-7-12)19(27-34-16)18-14(28(30)31)10-13(21(22,23)24)11-15(18)29(32)33/h3-7,10-11,16,27H,2,8-9H2,1H3,(H2,25,26,35). The van der Waals surface area contributed by atoms with Gasteiger partial charge in [-0.3, -0.25) is 30.5 Å². The molecule has 14 heteroatoms. The van der Waals surface area contributed by atoms with Gasteiger partial charge in [-0.25, -0.2) is 0 Å². The lowest BCUT2D eigenvalue weighted by molar-refractivity contribution is -0.395. The highest BCUT2D eigenvalue weighted by molar-refractivity contribution is 7.80. The van der Waals surface area contributed by atoms with Crippen LogP contribution in [0, 0.1) is 20.2 Å². The summed E-state index contributed by atoms with van der Waals surface area (Å²) in [6.45, 7) is 2.79. The van der Waals surface area contributed by atoms with E-state index in [4.69, 9.17) is 17.1 Å². The van der Waals surface area contributed by atoms with Crippen LogP contribution in [-0.2, 0) is 11.0 Å². The first-order chi connectivity index (χ1) is 16.5. The number of halogens is 3. The van der Waals surface area contributed by atoms with Gasteiger partial charge in [0.25, 0.3) is 11.4 Å². The Hall–Kier alpha value is -3.78. The van der Waals surface area contributed by atoms with Crippen LogP contribution in [0.25, 0.3) is 11.3 Å². The molecule has 2 aromatic carbocycles. The Morgan fingerprint density at radius 2 is 1.71 bits per heavy atom. The van der Waals surface area contributed by atoms with Gasteiger partial charge in [0.1, 0.15) is 6.10 Å². The maximum Gasteiger partial charge on any atom is 0.416 e. The van der Waals surface area contributed by atoms with E-state index in [0.29, 0.717) is 29.3 Å². The van der Waals surface area contributed by atoms with Gasteiger partial charge in [-0.15, -0.1) is 0 Å². The van der Waals surface area contributed by atoms with E-state index in [2.05, 4.69) is 16.1 Å². The molecule has 1 unspecified atom stereocenters. The maximum atomic E-state index is 13.3. The second kappa shape index (κ2) is 10.7. The number of nitrogens with zero attached hydrogens (tertiary/aromatic N) is 2. The normalized spacial score (nSPS) is 15.5. The molecule has 0 bridgehead atoms. The minimum absolute atomic E-state index is 0.150. The van der Waals surface area contributed by atoms with Gasteiger partial charge in [0.15, 0.2) is 10.7 Å². The fourth-order valence-electron chi connectivity index (χ4n) is 3.60. The molecular weight excluding hydrogens is 491 g/mol. The van der Waals surface area contributed by atoms with Gasteiger partial charge in [0.05, 0.1) is 21.1 Å². The van der Waals surface area contributed by atoms with Crippen LogP contribution in [0.15, 0.2) is 42.5 Å². The fourth-order valence-corrected chi connectivity index (χ4v) is 3.85. The van der Waals surface area contributed by atoms with Crippen molar-refractivity contribution in [3.63, 3.8) is 0 Å². The zero-order valence-electron chi connectivity index (χ0n) is 18.2. The Morgan fingerprint density at radius 1 is 1.11 bits per heavy atom. The Bertz CT molecular complexity index is 1140. The second-order valence-electron chi connectivity index (χ2n) is 7.34. The summed E-state index contributed by atoms with van der Waals surface area (Å²) in [7, 11) is 0. The number of hydrogen-bond donors (Lipinski definition) is 3. The lowest BCUT2D eigenvalue weighted by Gasteiger charge is -2.15. The third kappa shape index (κ3) is 5.84. The third-order valence-electron chi connectivity index (χ3n) is 5.08. The molecule has 0 saturated heterocycles. The number of rotatable bonds is 8. The van der Waals surface area contributed by atoms with Crippen LogP contribution in [0.1, 0.15) is 30.0 Å². The number of benzene rings is 2. The lowest BCUT2D eigenvalue weighted by Crippen LogP contribution is -2.36. The summed E-state index contributed by atoms with van der Waals surface area (Å²) in [4.78, 5) is 26.9. The summed E-state index contributed by atoms with van der Waals surface area (Å²) in [6, 6.07) is 8.98. The van der Waals surface area contributed by atoms with E-state index in [1.165, 1.54) is 0 Å². The summed E-state index contributed by atoms with van der Waals surface area (Å²) in [5.41, 5.74) is -1.05. The molecule has 10 nitrogen and oxygen atoms in total. The maximum absolute atomic E-state index is 13.3. The molecule has 0 fully saturated rings. The molecule has 0 amide bonds. The molecule has 186 valence electrons. The second-order valence-corrected chi connectivity index (χ2v) is 7.75. The van der Waals surface area contributed by atoms with Crippen molar-refractivity contribution in [2.24, 2.45) is 0 Å². The van der Waals surface area contributed by atoms with Crippen molar-refractivity contribution in [1.82, 2.24) is 16.1 Å². The first-order valence-corrected chi connectivity index (χ1v) is 10.7. The zero-order valence-corrected chi connectivity index (χ0v) is 19.0. The number of hydrogen-bond acceptors (Lipinski definition) is 7.